The summed E-state index contributed by atoms with van der Waals surface area (Å²) in [5.41, 5.74) is 1.12. The lowest BCUT2D eigenvalue weighted by Gasteiger charge is -2.12. The van der Waals surface area contributed by atoms with Crippen LogP contribution in [-0.4, -0.2) is 36.9 Å². The van der Waals surface area contributed by atoms with Crippen LogP contribution in [0, 0.1) is 17.2 Å². The Kier molecular flexibility index (Phi) is 1.96. The van der Waals surface area contributed by atoms with Crippen molar-refractivity contribution < 1.29 is 4.84 Å². The molecule has 0 amide bonds. The van der Waals surface area contributed by atoms with Crippen molar-refractivity contribution in [3.8, 4) is 6.07 Å². The van der Waals surface area contributed by atoms with Crippen LogP contribution < -0.4 is 0 Å². The third-order valence-corrected chi connectivity index (χ3v) is 2.44. The topological polar surface area (TPSA) is 48.6 Å². The Morgan fingerprint density at radius 1 is 1.75 bits per heavy atom. The third-order valence-electron chi connectivity index (χ3n) is 2.44. The van der Waals surface area contributed by atoms with Gasteiger partial charge in [-0.05, 0) is 13.0 Å². The van der Waals surface area contributed by atoms with E-state index in [2.05, 4.69) is 10.1 Å². The van der Waals surface area contributed by atoms with Crippen LogP contribution in [0.15, 0.2) is 5.16 Å². The van der Waals surface area contributed by atoms with Crippen molar-refractivity contribution in [2.45, 2.75) is 6.42 Å². The van der Waals surface area contributed by atoms with E-state index in [0.717, 1.165) is 18.8 Å². The fourth-order valence-electron chi connectivity index (χ4n) is 1.85. The molecular formula is C8H11N3O. The molecule has 0 aliphatic carbocycles. The molecular weight excluding hydrogens is 154 g/mol. The smallest absolute Gasteiger partial charge is 0.202 e. The summed E-state index contributed by atoms with van der Waals surface area (Å²) >= 11 is 0. The molecule has 2 aliphatic heterocycles. The zero-order chi connectivity index (χ0) is 8.39. The Labute approximate surface area is 71.4 Å². The molecule has 0 aromatic heterocycles. The summed E-state index contributed by atoms with van der Waals surface area (Å²) < 4.78 is 0. The van der Waals surface area contributed by atoms with E-state index in [0.29, 0.717) is 5.92 Å². The van der Waals surface area contributed by atoms with Gasteiger partial charge in [0.15, 0.2) is 0 Å². The molecule has 0 aromatic rings. The van der Waals surface area contributed by atoms with E-state index in [4.69, 9.17) is 10.1 Å². The average molecular weight is 165 g/mol. The summed E-state index contributed by atoms with van der Waals surface area (Å²) in [6.07, 6.45) is 1.20. The van der Waals surface area contributed by atoms with Gasteiger partial charge in [-0.1, -0.05) is 5.16 Å². The van der Waals surface area contributed by atoms with Gasteiger partial charge in [-0.3, -0.25) is 4.90 Å². The first-order valence-electron chi connectivity index (χ1n) is 4.18. The molecule has 64 valence electrons. The number of nitriles is 1. The van der Waals surface area contributed by atoms with Crippen LogP contribution >= 0.6 is 0 Å². The second kappa shape index (κ2) is 3.11. The number of rotatable bonds is 2. The second-order valence-corrected chi connectivity index (χ2v) is 3.23. The molecule has 0 saturated carbocycles. The fourth-order valence-corrected chi connectivity index (χ4v) is 1.85. The van der Waals surface area contributed by atoms with Gasteiger partial charge in [0.1, 0.15) is 6.07 Å². The molecule has 2 fully saturated rings. The highest BCUT2D eigenvalue weighted by Crippen LogP contribution is 2.25. The molecule has 2 aliphatic rings. The minimum absolute atomic E-state index is 0.0657. The molecule has 2 bridgehead atoms. The van der Waals surface area contributed by atoms with Gasteiger partial charge in [0.05, 0.1) is 5.71 Å². The highest BCUT2D eigenvalue weighted by atomic mass is 16.6. The first-order valence-corrected chi connectivity index (χ1v) is 4.18. The standard InChI is InChI=1S/C8H11N3O/c9-2-4-12-10-8-6-11-3-1-7(8)5-11/h7H,1,3-6H2/b10-8+. The third kappa shape index (κ3) is 1.28. The summed E-state index contributed by atoms with van der Waals surface area (Å²) in [7, 11) is 0. The molecule has 0 N–H and O–H groups in total. The second-order valence-electron chi connectivity index (χ2n) is 3.23. The van der Waals surface area contributed by atoms with Gasteiger partial charge < -0.3 is 4.84 Å². The van der Waals surface area contributed by atoms with Crippen LogP contribution in [-0.2, 0) is 4.84 Å². The number of oxime groups is 1. The summed E-state index contributed by atoms with van der Waals surface area (Å²) in [6.45, 7) is 3.34. The maximum atomic E-state index is 8.22. The molecule has 12 heavy (non-hydrogen) atoms. The predicted octanol–water partition coefficient (Wildman–Crippen LogP) is 0.218. The van der Waals surface area contributed by atoms with Crippen molar-refractivity contribution in [3.05, 3.63) is 0 Å². The van der Waals surface area contributed by atoms with E-state index in [9.17, 15) is 0 Å². The average Bonchev–Trinajstić information content (AvgIpc) is 2.65. The van der Waals surface area contributed by atoms with E-state index in [-0.39, 0.29) is 6.61 Å². The van der Waals surface area contributed by atoms with Crippen LogP contribution in [0.3, 0.4) is 0 Å². The minimum atomic E-state index is 0.0657. The van der Waals surface area contributed by atoms with Crippen molar-refractivity contribution in [1.29, 1.82) is 5.26 Å². The SMILES string of the molecule is N#CCO/N=C1\CN2CCC1C2. The molecule has 4 heteroatoms. The summed E-state index contributed by atoms with van der Waals surface area (Å²) in [4.78, 5) is 7.18. The Bertz CT molecular complexity index is 243. The highest BCUT2D eigenvalue weighted by Gasteiger charge is 2.35. The molecule has 0 spiro atoms. The molecule has 0 radical (unpaired) electrons. The Balaban J connectivity index is 1.90. The maximum absolute atomic E-state index is 8.22. The van der Waals surface area contributed by atoms with Crippen molar-refractivity contribution in [2.75, 3.05) is 26.2 Å². The minimum Gasteiger partial charge on any atom is -0.380 e. The van der Waals surface area contributed by atoms with Crippen LogP contribution in [0.25, 0.3) is 0 Å². The zero-order valence-electron chi connectivity index (χ0n) is 6.86. The maximum Gasteiger partial charge on any atom is 0.202 e. The van der Waals surface area contributed by atoms with Gasteiger partial charge in [-0.15, -0.1) is 0 Å². The van der Waals surface area contributed by atoms with Crippen LogP contribution in [0.1, 0.15) is 6.42 Å². The predicted molar refractivity (Wildman–Crippen MR) is 43.5 cm³/mol. The first-order chi connectivity index (χ1) is 5.90. The molecule has 2 unspecified atom stereocenters. The summed E-state index contributed by atoms with van der Waals surface area (Å²) in [5, 5.41) is 12.2. The molecule has 2 heterocycles. The van der Waals surface area contributed by atoms with Crippen molar-refractivity contribution in [2.24, 2.45) is 11.1 Å². The number of fused-ring (bicyclic) bond motifs is 2. The van der Waals surface area contributed by atoms with Gasteiger partial charge in [0, 0.05) is 19.0 Å². The van der Waals surface area contributed by atoms with Crippen LogP contribution in [0.2, 0.25) is 0 Å². The zero-order valence-corrected chi connectivity index (χ0v) is 6.86. The summed E-state index contributed by atoms with van der Waals surface area (Å²) in [6, 6.07) is 1.89. The first kappa shape index (κ1) is 7.56. The van der Waals surface area contributed by atoms with Gasteiger partial charge in [0.2, 0.25) is 6.61 Å². The lowest BCUT2D eigenvalue weighted by Crippen LogP contribution is -2.23. The van der Waals surface area contributed by atoms with E-state index in [1.165, 1.54) is 13.0 Å². The molecule has 2 rings (SSSR count). The quantitative estimate of drug-likeness (QED) is 0.434. The van der Waals surface area contributed by atoms with Gasteiger partial charge in [-0.2, -0.15) is 5.26 Å². The highest BCUT2D eigenvalue weighted by molar-refractivity contribution is 5.91. The molecule has 2 saturated heterocycles. The Hall–Kier alpha value is -1.08. The number of hydrogen-bond acceptors (Lipinski definition) is 4. The van der Waals surface area contributed by atoms with E-state index < -0.39 is 0 Å². The van der Waals surface area contributed by atoms with Gasteiger partial charge in [-0.25, -0.2) is 0 Å². The van der Waals surface area contributed by atoms with Crippen molar-refractivity contribution in [3.63, 3.8) is 0 Å². The molecule has 2 atom stereocenters. The van der Waals surface area contributed by atoms with Crippen LogP contribution in [0.4, 0.5) is 0 Å². The number of hydrogen-bond donors (Lipinski definition) is 0. The van der Waals surface area contributed by atoms with Crippen molar-refractivity contribution >= 4 is 5.71 Å². The Morgan fingerprint density at radius 3 is 3.25 bits per heavy atom. The lowest BCUT2D eigenvalue weighted by atomic mass is 10.0. The van der Waals surface area contributed by atoms with E-state index >= 15 is 0 Å². The van der Waals surface area contributed by atoms with Crippen molar-refractivity contribution in [1.82, 2.24) is 4.90 Å². The monoisotopic (exact) mass is 165 g/mol. The van der Waals surface area contributed by atoms with Gasteiger partial charge >= 0.3 is 0 Å². The van der Waals surface area contributed by atoms with Gasteiger partial charge in [0.25, 0.3) is 0 Å². The molecule has 4 nitrogen and oxygen atoms in total. The lowest BCUT2D eigenvalue weighted by molar-refractivity contribution is 0.176. The van der Waals surface area contributed by atoms with E-state index in [1.54, 1.807) is 0 Å². The van der Waals surface area contributed by atoms with Crippen LogP contribution in [0.5, 0.6) is 0 Å². The number of nitrogens with zero attached hydrogens (tertiary/aromatic N) is 3. The van der Waals surface area contributed by atoms with E-state index in [1.807, 2.05) is 6.07 Å². The number of piperidine rings is 1. The Morgan fingerprint density at radius 2 is 2.67 bits per heavy atom. The fraction of sp³-hybridized carbons (Fsp3) is 0.750. The largest absolute Gasteiger partial charge is 0.380 e. The normalized spacial score (nSPS) is 35.4. The summed E-state index contributed by atoms with van der Waals surface area (Å²) in [5.74, 6) is 0.601. The molecule has 0 aromatic carbocycles.